The van der Waals surface area contributed by atoms with Crippen LogP contribution in [-0.2, 0) is 23.9 Å². The molecule has 1 aromatic carbocycles. The Kier molecular flexibility index (Phi) is 6.56. The van der Waals surface area contributed by atoms with Gasteiger partial charge in [-0.2, -0.15) is 0 Å². The van der Waals surface area contributed by atoms with E-state index >= 15 is 0 Å². The second kappa shape index (κ2) is 8.86. The number of anilines is 1. The molecule has 1 atom stereocenters. The lowest BCUT2D eigenvalue weighted by Gasteiger charge is -2.13. The van der Waals surface area contributed by atoms with Crippen LogP contribution in [0.1, 0.15) is 26.7 Å². The van der Waals surface area contributed by atoms with Crippen LogP contribution in [0.4, 0.5) is 5.69 Å². The standard InChI is InChI=1S/C18H22N2O5/c1-3-7-12(2)19-15(22)11-25-18(23)16-14(21)10-24-17(16)20-13-8-5-4-6-9-13/h4-6,8-9,12,20H,3,7,10-11H2,1-2H3,(H,19,22)/t12-/m0/s1. The van der Waals surface area contributed by atoms with E-state index in [1.807, 2.05) is 19.9 Å². The molecule has 0 unspecified atom stereocenters. The van der Waals surface area contributed by atoms with Gasteiger partial charge in [-0.3, -0.25) is 9.59 Å². The molecule has 0 fully saturated rings. The van der Waals surface area contributed by atoms with Gasteiger partial charge in [0.25, 0.3) is 5.91 Å². The van der Waals surface area contributed by atoms with Crippen LogP contribution in [0, 0.1) is 0 Å². The van der Waals surface area contributed by atoms with Gasteiger partial charge in [-0.25, -0.2) is 4.79 Å². The first-order valence-corrected chi connectivity index (χ1v) is 8.20. The molecule has 0 aliphatic carbocycles. The lowest BCUT2D eigenvalue weighted by Crippen LogP contribution is -2.36. The smallest absolute Gasteiger partial charge is 0.347 e. The van der Waals surface area contributed by atoms with Gasteiger partial charge in [0.05, 0.1) is 0 Å². The number of amides is 1. The number of rotatable bonds is 8. The SMILES string of the molecule is CCC[C@H](C)NC(=O)COC(=O)C1=C(Nc2ccccc2)OCC1=O. The molecular weight excluding hydrogens is 324 g/mol. The molecule has 1 aliphatic rings. The van der Waals surface area contributed by atoms with Gasteiger partial charge < -0.3 is 20.1 Å². The van der Waals surface area contributed by atoms with E-state index in [0.29, 0.717) is 5.69 Å². The summed E-state index contributed by atoms with van der Waals surface area (Å²) in [4.78, 5) is 35.8. The summed E-state index contributed by atoms with van der Waals surface area (Å²) in [5, 5.41) is 5.60. The van der Waals surface area contributed by atoms with Crippen LogP contribution in [0.25, 0.3) is 0 Å². The maximum atomic E-state index is 12.2. The minimum absolute atomic E-state index is 0.00201. The Morgan fingerprint density at radius 3 is 2.68 bits per heavy atom. The Morgan fingerprint density at radius 2 is 2.00 bits per heavy atom. The molecule has 7 heteroatoms. The third kappa shape index (κ3) is 5.34. The van der Waals surface area contributed by atoms with Gasteiger partial charge in [0, 0.05) is 11.7 Å². The average molecular weight is 346 g/mol. The normalized spacial score (nSPS) is 14.7. The third-order valence-electron chi connectivity index (χ3n) is 3.55. The van der Waals surface area contributed by atoms with E-state index in [9.17, 15) is 14.4 Å². The number of ketones is 1. The minimum Gasteiger partial charge on any atom is -0.470 e. The highest BCUT2D eigenvalue weighted by atomic mass is 16.5. The van der Waals surface area contributed by atoms with Crippen LogP contribution < -0.4 is 10.6 Å². The predicted octanol–water partition coefficient (Wildman–Crippen LogP) is 1.76. The fourth-order valence-corrected chi connectivity index (χ4v) is 2.39. The summed E-state index contributed by atoms with van der Waals surface area (Å²) in [7, 11) is 0. The van der Waals surface area contributed by atoms with E-state index in [4.69, 9.17) is 9.47 Å². The Bertz CT molecular complexity index is 669. The first-order valence-electron chi connectivity index (χ1n) is 8.20. The van der Waals surface area contributed by atoms with Crippen molar-refractivity contribution in [3.8, 4) is 0 Å². The highest BCUT2D eigenvalue weighted by Crippen LogP contribution is 2.20. The van der Waals surface area contributed by atoms with Crippen molar-refractivity contribution in [3.63, 3.8) is 0 Å². The summed E-state index contributed by atoms with van der Waals surface area (Å²) < 4.78 is 10.2. The number of ether oxygens (including phenoxy) is 2. The summed E-state index contributed by atoms with van der Waals surface area (Å²) in [5.74, 6) is -1.72. The molecule has 134 valence electrons. The summed E-state index contributed by atoms with van der Waals surface area (Å²) in [5.41, 5.74) is 0.460. The molecule has 0 spiro atoms. The number of benzene rings is 1. The topological polar surface area (TPSA) is 93.7 Å². The minimum atomic E-state index is -0.876. The Hall–Kier alpha value is -2.83. The van der Waals surface area contributed by atoms with Crippen LogP contribution in [0.5, 0.6) is 0 Å². The molecular formula is C18H22N2O5. The molecule has 1 amide bonds. The fraction of sp³-hybridized carbons (Fsp3) is 0.389. The monoisotopic (exact) mass is 346 g/mol. The number of hydrogen-bond acceptors (Lipinski definition) is 6. The van der Waals surface area contributed by atoms with Crippen LogP contribution in [0.15, 0.2) is 41.8 Å². The van der Waals surface area contributed by atoms with Crippen molar-refractivity contribution < 1.29 is 23.9 Å². The first kappa shape index (κ1) is 18.5. The number of nitrogens with one attached hydrogen (secondary N) is 2. The maximum Gasteiger partial charge on any atom is 0.347 e. The van der Waals surface area contributed by atoms with E-state index in [1.165, 1.54) is 0 Å². The number of carbonyl (C=O) groups is 3. The molecule has 25 heavy (non-hydrogen) atoms. The van der Waals surface area contributed by atoms with Crippen LogP contribution in [0.3, 0.4) is 0 Å². The molecule has 0 saturated heterocycles. The van der Waals surface area contributed by atoms with E-state index in [2.05, 4.69) is 10.6 Å². The van der Waals surface area contributed by atoms with E-state index in [-0.39, 0.29) is 24.1 Å². The van der Waals surface area contributed by atoms with E-state index < -0.39 is 24.3 Å². The van der Waals surface area contributed by atoms with Gasteiger partial charge >= 0.3 is 5.97 Å². The molecule has 1 heterocycles. The van der Waals surface area contributed by atoms with Crippen molar-refractivity contribution in [1.29, 1.82) is 0 Å². The number of hydrogen-bond donors (Lipinski definition) is 2. The fourth-order valence-electron chi connectivity index (χ4n) is 2.39. The highest BCUT2D eigenvalue weighted by molar-refractivity contribution is 6.20. The Morgan fingerprint density at radius 1 is 1.28 bits per heavy atom. The second-order valence-electron chi connectivity index (χ2n) is 5.74. The number of para-hydroxylation sites is 1. The van der Waals surface area contributed by atoms with Crippen LogP contribution >= 0.6 is 0 Å². The summed E-state index contributed by atoms with van der Waals surface area (Å²) in [6.07, 6.45) is 1.77. The Balaban J connectivity index is 1.96. The van der Waals surface area contributed by atoms with Gasteiger partial charge in [-0.15, -0.1) is 0 Å². The van der Waals surface area contributed by atoms with Crippen molar-refractivity contribution in [3.05, 3.63) is 41.8 Å². The zero-order valence-electron chi connectivity index (χ0n) is 14.3. The lowest BCUT2D eigenvalue weighted by atomic mass is 10.2. The molecule has 7 nitrogen and oxygen atoms in total. The summed E-state index contributed by atoms with van der Waals surface area (Å²) in [6, 6.07) is 8.99. The molecule has 0 aromatic heterocycles. The molecule has 0 saturated carbocycles. The van der Waals surface area contributed by atoms with E-state index in [1.54, 1.807) is 24.3 Å². The molecule has 2 N–H and O–H groups in total. The molecule has 2 rings (SSSR count). The molecule has 0 bridgehead atoms. The van der Waals surface area contributed by atoms with Gasteiger partial charge in [0.1, 0.15) is 0 Å². The third-order valence-corrected chi connectivity index (χ3v) is 3.55. The average Bonchev–Trinajstić information content (AvgIpc) is 2.94. The van der Waals surface area contributed by atoms with Gasteiger partial charge in [-0.1, -0.05) is 31.5 Å². The van der Waals surface area contributed by atoms with Gasteiger partial charge in [0.15, 0.2) is 18.8 Å². The number of Topliss-reactive ketones (excluding diaryl/α,β-unsaturated/α-hetero) is 1. The first-order chi connectivity index (χ1) is 12.0. The number of carbonyl (C=O) groups excluding carboxylic acids is 3. The highest BCUT2D eigenvalue weighted by Gasteiger charge is 2.32. The number of esters is 1. The van der Waals surface area contributed by atoms with Gasteiger partial charge in [0.2, 0.25) is 11.7 Å². The lowest BCUT2D eigenvalue weighted by molar-refractivity contribution is -0.145. The van der Waals surface area contributed by atoms with Crippen LogP contribution in [-0.4, -0.2) is 36.9 Å². The maximum absolute atomic E-state index is 12.2. The van der Waals surface area contributed by atoms with Crippen molar-refractivity contribution in [2.45, 2.75) is 32.7 Å². The quantitative estimate of drug-likeness (QED) is 0.550. The van der Waals surface area contributed by atoms with Crippen molar-refractivity contribution in [1.82, 2.24) is 5.32 Å². The molecule has 0 radical (unpaired) electrons. The molecule has 1 aliphatic heterocycles. The summed E-state index contributed by atoms with van der Waals surface area (Å²) in [6.45, 7) is 3.21. The van der Waals surface area contributed by atoms with E-state index in [0.717, 1.165) is 12.8 Å². The zero-order chi connectivity index (χ0) is 18.2. The predicted molar refractivity (Wildman–Crippen MR) is 91.5 cm³/mol. The van der Waals surface area contributed by atoms with Crippen LogP contribution in [0.2, 0.25) is 0 Å². The van der Waals surface area contributed by atoms with Crippen molar-refractivity contribution in [2.75, 3.05) is 18.5 Å². The second-order valence-corrected chi connectivity index (χ2v) is 5.74. The van der Waals surface area contributed by atoms with Crippen molar-refractivity contribution >= 4 is 23.3 Å². The molecule has 1 aromatic rings. The summed E-state index contributed by atoms with van der Waals surface area (Å²) >= 11 is 0. The van der Waals surface area contributed by atoms with Gasteiger partial charge in [-0.05, 0) is 25.5 Å². The largest absolute Gasteiger partial charge is 0.470 e. The Labute approximate surface area is 146 Å². The zero-order valence-corrected chi connectivity index (χ0v) is 14.3. The van der Waals surface area contributed by atoms with Crippen molar-refractivity contribution in [2.24, 2.45) is 0 Å².